The first-order valence-electron chi connectivity index (χ1n) is 9.61. The Morgan fingerprint density at radius 2 is 1.52 bits per heavy atom. The number of nitrogens with one attached hydrogen (secondary N) is 1. The minimum absolute atomic E-state index is 0.145. The molecule has 0 atom stereocenters. The first-order chi connectivity index (χ1) is 13.7. The van der Waals surface area contributed by atoms with E-state index in [0.29, 0.717) is 18.7 Å². The first kappa shape index (κ1) is 21.2. The lowest BCUT2D eigenvalue weighted by Crippen LogP contribution is -2.50. The zero-order chi connectivity index (χ0) is 21.0. The summed E-state index contributed by atoms with van der Waals surface area (Å²) in [5.74, 6) is -0.145. The lowest BCUT2D eigenvalue weighted by molar-refractivity contribution is 0.0240. The maximum Gasteiger partial charge on any atom is 0.410 e. The molecule has 1 aliphatic rings. The lowest BCUT2D eigenvalue weighted by Gasteiger charge is -2.36. The average molecular weight is 460 g/mol. The molecule has 1 fully saturated rings. The number of carbonyl (C=O) groups excluding carboxylic acids is 2. The van der Waals surface area contributed by atoms with Gasteiger partial charge in [-0.05, 0) is 69.3 Å². The predicted octanol–water partition coefficient (Wildman–Crippen LogP) is 4.76. The molecule has 0 aliphatic carbocycles. The molecule has 154 valence electrons. The molecule has 0 bridgehead atoms. The largest absolute Gasteiger partial charge is 0.444 e. The Morgan fingerprint density at radius 3 is 2.07 bits per heavy atom. The molecule has 29 heavy (non-hydrogen) atoms. The number of benzene rings is 2. The van der Waals surface area contributed by atoms with Gasteiger partial charge in [0.1, 0.15) is 5.60 Å². The first-order valence-corrected chi connectivity index (χ1v) is 10.4. The summed E-state index contributed by atoms with van der Waals surface area (Å²) in [7, 11) is 0. The third kappa shape index (κ3) is 5.97. The van der Waals surface area contributed by atoms with Crippen LogP contribution in [0.5, 0.6) is 0 Å². The van der Waals surface area contributed by atoms with Gasteiger partial charge in [-0.1, -0.05) is 15.9 Å². The van der Waals surface area contributed by atoms with Crippen molar-refractivity contribution in [3.05, 3.63) is 58.6 Å². The summed E-state index contributed by atoms with van der Waals surface area (Å²) in [6.07, 6.45) is -0.267. The smallest absolute Gasteiger partial charge is 0.410 e. The SMILES string of the molecule is CC(C)(C)OC(=O)N1CCN(c2ccc(C(=O)Nc3ccc(Br)cc3)cc2)CC1. The lowest BCUT2D eigenvalue weighted by atomic mass is 10.1. The van der Waals surface area contributed by atoms with Gasteiger partial charge in [-0.2, -0.15) is 0 Å². The summed E-state index contributed by atoms with van der Waals surface area (Å²) >= 11 is 3.38. The highest BCUT2D eigenvalue weighted by molar-refractivity contribution is 9.10. The quantitative estimate of drug-likeness (QED) is 0.718. The maximum absolute atomic E-state index is 12.4. The van der Waals surface area contributed by atoms with E-state index in [-0.39, 0.29) is 12.0 Å². The van der Waals surface area contributed by atoms with Gasteiger partial charge < -0.3 is 19.9 Å². The minimum atomic E-state index is -0.485. The van der Waals surface area contributed by atoms with Gasteiger partial charge in [-0.15, -0.1) is 0 Å². The normalized spacial score (nSPS) is 14.5. The van der Waals surface area contributed by atoms with Crippen LogP contribution >= 0.6 is 15.9 Å². The zero-order valence-electron chi connectivity index (χ0n) is 16.9. The van der Waals surface area contributed by atoms with Gasteiger partial charge in [-0.25, -0.2) is 4.79 Å². The van der Waals surface area contributed by atoms with E-state index >= 15 is 0 Å². The second-order valence-corrected chi connectivity index (χ2v) is 8.88. The van der Waals surface area contributed by atoms with E-state index in [0.717, 1.165) is 28.9 Å². The molecule has 3 rings (SSSR count). The van der Waals surface area contributed by atoms with Crippen LogP contribution in [0, 0.1) is 0 Å². The number of carbonyl (C=O) groups is 2. The van der Waals surface area contributed by atoms with E-state index in [9.17, 15) is 9.59 Å². The van der Waals surface area contributed by atoms with Crippen LogP contribution in [0.25, 0.3) is 0 Å². The summed E-state index contributed by atoms with van der Waals surface area (Å²) in [4.78, 5) is 28.6. The van der Waals surface area contributed by atoms with E-state index < -0.39 is 5.60 Å². The van der Waals surface area contributed by atoms with Crippen LogP contribution in [0.3, 0.4) is 0 Å². The van der Waals surface area contributed by atoms with Crippen LogP contribution in [0.4, 0.5) is 16.2 Å². The number of halogens is 1. The van der Waals surface area contributed by atoms with Gasteiger partial charge in [0.2, 0.25) is 0 Å². The molecule has 2 amide bonds. The molecular formula is C22H26BrN3O3. The van der Waals surface area contributed by atoms with Crippen LogP contribution in [0.2, 0.25) is 0 Å². The number of anilines is 2. The summed E-state index contributed by atoms with van der Waals surface area (Å²) in [6, 6.07) is 15.0. The van der Waals surface area contributed by atoms with Crippen molar-refractivity contribution in [1.82, 2.24) is 4.90 Å². The Labute approximate surface area is 180 Å². The van der Waals surface area contributed by atoms with Gasteiger partial charge in [0.25, 0.3) is 5.91 Å². The maximum atomic E-state index is 12.4. The average Bonchev–Trinajstić information content (AvgIpc) is 2.69. The fourth-order valence-corrected chi connectivity index (χ4v) is 3.30. The Balaban J connectivity index is 1.55. The molecule has 0 radical (unpaired) electrons. The summed E-state index contributed by atoms with van der Waals surface area (Å²) in [6.45, 7) is 8.29. The minimum Gasteiger partial charge on any atom is -0.444 e. The van der Waals surface area contributed by atoms with Gasteiger partial charge in [-0.3, -0.25) is 4.79 Å². The second kappa shape index (κ2) is 8.86. The van der Waals surface area contributed by atoms with Crippen LogP contribution in [-0.4, -0.2) is 48.7 Å². The Hall–Kier alpha value is -2.54. The molecule has 0 aromatic heterocycles. The van der Waals surface area contributed by atoms with Crippen LogP contribution in [0.1, 0.15) is 31.1 Å². The molecule has 2 aromatic carbocycles. The van der Waals surface area contributed by atoms with Crippen molar-refractivity contribution >= 4 is 39.3 Å². The summed E-state index contributed by atoms with van der Waals surface area (Å²) in [5.41, 5.74) is 1.90. The van der Waals surface area contributed by atoms with Crippen LogP contribution in [-0.2, 0) is 4.74 Å². The molecule has 0 saturated carbocycles. The Bertz CT molecular complexity index is 852. The molecule has 1 saturated heterocycles. The summed E-state index contributed by atoms with van der Waals surface area (Å²) in [5, 5.41) is 2.89. The van der Waals surface area contributed by atoms with E-state index in [1.54, 1.807) is 4.90 Å². The number of nitrogens with zero attached hydrogens (tertiary/aromatic N) is 2. The highest BCUT2D eigenvalue weighted by Crippen LogP contribution is 2.20. The van der Waals surface area contributed by atoms with E-state index in [2.05, 4.69) is 26.1 Å². The molecule has 1 aliphatic heterocycles. The highest BCUT2D eigenvalue weighted by Gasteiger charge is 2.26. The Morgan fingerprint density at radius 1 is 0.931 bits per heavy atom. The highest BCUT2D eigenvalue weighted by atomic mass is 79.9. The van der Waals surface area contributed by atoms with Crippen molar-refractivity contribution in [3.8, 4) is 0 Å². The van der Waals surface area contributed by atoms with Crippen molar-refractivity contribution < 1.29 is 14.3 Å². The molecule has 1 N–H and O–H groups in total. The van der Waals surface area contributed by atoms with Crippen molar-refractivity contribution in [2.75, 3.05) is 36.4 Å². The second-order valence-electron chi connectivity index (χ2n) is 7.96. The monoisotopic (exact) mass is 459 g/mol. The topological polar surface area (TPSA) is 61.9 Å². The third-order valence-electron chi connectivity index (χ3n) is 4.53. The number of hydrogen-bond acceptors (Lipinski definition) is 4. The van der Waals surface area contributed by atoms with Crippen molar-refractivity contribution in [2.24, 2.45) is 0 Å². The molecule has 0 unspecified atom stereocenters. The van der Waals surface area contributed by atoms with Crippen LogP contribution < -0.4 is 10.2 Å². The summed E-state index contributed by atoms with van der Waals surface area (Å²) < 4.78 is 6.40. The van der Waals surface area contributed by atoms with E-state index in [1.165, 1.54) is 0 Å². The number of hydrogen-bond donors (Lipinski definition) is 1. The standard InChI is InChI=1S/C22H26BrN3O3/c1-22(2,3)29-21(28)26-14-12-25(13-15-26)19-10-4-16(5-11-19)20(27)24-18-8-6-17(23)7-9-18/h4-11H,12-15H2,1-3H3,(H,24,27). The number of amides is 2. The molecule has 6 nitrogen and oxygen atoms in total. The fraction of sp³-hybridized carbons (Fsp3) is 0.364. The number of rotatable bonds is 3. The third-order valence-corrected chi connectivity index (χ3v) is 5.06. The zero-order valence-corrected chi connectivity index (χ0v) is 18.5. The van der Waals surface area contributed by atoms with Gasteiger partial charge in [0.15, 0.2) is 0 Å². The van der Waals surface area contributed by atoms with Gasteiger partial charge in [0.05, 0.1) is 0 Å². The molecule has 0 spiro atoms. The molecular weight excluding hydrogens is 434 g/mol. The Kier molecular flexibility index (Phi) is 6.47. The predicted molar refractivity (Wildman–Crippen MR) is 119 cm³/mol. The molecule has 1 heterocycles. The number of piperazine rings is 1. The van der Waals surface area contributed by atoms with E-state index in [4.69, 9.17) is 4.74 Å². The fourth-order valence-electron chi connectivity index (χ4n) is 3.03. The van der Waals surface area contributed by atoms with Gasteiger partial charge >= 0.3 is 6.09 Å². The number of ether oxygens (including phenoxy) is 1. The van der Waals surface area contributed by atoms with E-state index in [1.807, 2.05) is 69.3 Å². The van der Waals surface area contributed by atoms with Crippen molar-refractivity contribution in [1.29, 1.82) is 0 Å². The van der Waals surface area contributed by atoms with Crippen molar-refractivity contribution in [3.63, 3.8) is 0 Å². The molecule has 7 heteroatoms. The molecule has 2 aromatic rings. The van der Waals surface area contributed by atoms with Crippen molar-refractivity contribution in [2.45, 2.75) is 26.4 Å². The van der Waals surface area contributed by atoms with Gasteiger partial charge in [0, 0.05) is 47.6 Å². The van der Waals surface area contributed by atoms with Crippen LogP contribution in [0.15, 0.2) is 53.0 Å².